The molecule has 1 N–H and O–H groups in total. The molecule has 25 heavy (non-hydrogen) atoms. The molecule has 0 unspecified atom stereocenters. The zero-order chi connectivity index (χ0) is 17.5. The first kappa shape index (κ1) is 17.6. The zero-order valence-corrected chi connectivity index (χ0v) is 14.0. The molecule has 5 heteroatoms. The molecule has 1 amide bonds. The fourth-order valence-electron chi connectivity index (χ4n) is 2.88. The number of hydrogen-bond donors (Lipinski definition) is 1. The van der Waals surface area contributed by atoms with Gasteiger partial charge in [0, 0.05) is 6.61 Å². The largest absolute Gasteiger partial charge is 0.379 e. The van der Waals surface area contributed by atoms with Crippen molar-refractivity contribution in [1.82, 2.24) is 5.32 Å². The van der Waals surface area contributed by atoms with Crippen molar-refractivity contribution in [2.75, 3.05) is 13.2 Å². The molecule has 0 bridgehead atoms. The highest BCUT2D eigenvalue weighted by molar-refractivity contribution is 5.78. The molecule has 4 nitrogen and oxygen atoms in total. The van der Waals surface area contributed by atoms with Crippen molar-refractivity contribution in [3.8, 4) is 0 Å². The van der Waals surface area contributed by atoms with Gasteiger partial charge < -0.3 is 14.8 Å². The minimum Gasteiger partial charge on any atom is -0.379 e. The highest BCUT2D eigenvalue weighted by atomic mass is 19.1. The summed E-state index contributed by atoms with van der Waals surface area (Å²) in [5.41, 5.74) is 1.88. The summed E-state index contributed by atoms with van der Waals surface area (Å²) in [7, 11) is 0. The normalized spacial score (nSPS) is 20.2. The maximum Gasteiger partial charge on any atom is 0.224 e. The maximum atomic E-state index is 12.9. The topological polar surface area (TPSA) is 47.6 Å². The van der Waals surface area contributed by atoms with E-state index in [1.165, 1.54) is 12.1 Å². The lowest BCUT2D eigenvalue weighted by molar-refractivity contribution is -0.125. The average Bonchev–Trinajstić information content (AvgIpc) is 2.64. The Hall–Kier alpha value is -2.24. The molecule has 1 aliphatic rings. The number of carbonyl (C=O) groups is 1. The third-order valence-electron chi connectivity index (χ3n) is 4.22. The third kappa shape index (κ3) is 5.37. The lowest BCUT2D eigenvalue weighted by Gasteiger charge is -2.32. The van der Waals surface area contributed by atoms with E-state index >= 15 is 0 Å². The van der Waals surface area contributed by atoms with Crippen LogP contribution in [-0.2, 0) is 27.3 Å². The van der Waals surface area contributed by atoms with Gasteiger partial charge in [-0.2, -0.15) is 0 Å². The van der Waals surface area contributed by atoms with Crippen molar-refractivity contribution in [3.05, 3.63) is 71.5 Å². The molecule has 2 aromatic rings. The van der Waals surface area contributed by atoms with E-state index in [0.717, 1.165) is 17.5 Å². The van der Waals surface area contributed by atoms with Crippen LogP contribution in [0.1, 0.15) is 17.5 Å². The molecule has 132 valence electrons. The fraction of sp³-hybridized carbons (Fsp3) is 0.350. The Kier molecular flexibility index (Phi) is 6.14. The van der Waals surface area contributed by atoms with Crippen molar-refractivity contribution >= 4 is 5.91 Å². The smallest absolute Gasteiger partial charge is 0.224 e. The highest BCUT2D eigenvalue weighted by Gasteiger charge is 2.28. The first-order valence-corrected chi connectivity index (χ1v) is 8.48. The van der Waals surface area contributed by atoms with E-state index in [-0.39, 0.29) is 30.3 Å². The van der Waals surface area contributed by atoms with E-state index in [4.69, 9.17) is 9.47 Å². The van der Waals surface area contributed by atoms with Crippen molar-refractivity contribution in [3.63, 3.8) is 0 Å². The molecule has 0 aromatic heterocycles. The van der Waals surface area contributed by atoms with Crippen LogP contribution in [0.2, 0.25) is 0 Å². The first-order valence-electron chi connectivity index (χ1n) is 8.48. The second-order valence-corrected chi connectivity index (χ2v) is 6.18. The van der Waals surface area contributed by atoms with Gasteiger partial charge in [0.2, 0.25) is 5.91 Å². The van der Waals surface area contributed by atoms with Crippen molar-refractivity contribution in [2.45, 2.75) is 31.6 Å². The molecule has 0 radical (unpaired) electrons. The van der Waals surface area contributed by atoms with Gasteiger partial charge in [0.25, 0.3) is 0 Å². The molecule has 1 aliphatic heterocycles. The van der Waals surface area contributed by atoms with Crippen LogP contribution in [0.3, 0.4) is 0 Å². The number of carbonyl (C=O) groups excluding carboxylic acids is 1. The summed E-state index contributed by atoms with van der Waals surface area (Å²) in [5, 5.41) is 2.99. The van der Waals surface area contributed by atoms with Crippen LogP contribution in [0.4, 0.5) is 4.39 Å². The average molecular weight is 343 g/mol. The summed E-state index contributed by atoms with van der Waals surface area (Å²) in [5.74, 6) is -0.422. The number of benzene rings is 2. The molecule has 1 saturated heterocycles. The minimum atomic E-state index is -0.306. The Morgan fingerprint density at radius 3 is 2.64 bits per heavy atom. The van der Waals surface area contributed by atoms with Gasteiger partial charge in [-0.15, -0.1) is 0 Å². The molecule has 0 aliphatic carbocycles. The van der Waals surface area contributed by atoms with E-state index in [0.29, 0.717) is 19.8 Å². The number of nitrogens with one attached hydrogen (secondary N) is 1. The number of rotatable bonds is 6. The monoisotopic (exact) mass is 343 g/mol. The van der Waals surface area contributed by atoms with Crippen LogP contribution < -0.4 is 5.32 Å². The Balaban J connectivity index is 1.53. The van der Waals surface area contributed by atoms with Gasteiger partial charge in [-0.3, -0.25) is 4.79 Å². The van der Waals surface area contributed by atoms with Crippen LogP contribution in [0, 0.1) is 5.82 Å². The van der Waals surface area contributed by atoms with E-state index in [1.54, 1.807) is 12.1 Å². The quantitative estimate of drug-likeness (QED) is 0.877. The van der Waals surface area contributed by atoms with E-state index in [2.05, 4.69) is 5.32 Å². The first-order chi connectivity index (χ1) is 12.2. The second kappa shape index (κ2) is 8.74. The van der Waals surface area contributed by atoms with Gasteiger partial charge in [-0.1, -0.05) is 42.5 Å². The predicted octanol–water partition coefficient (Wildman–Crippen LogP) is 2.86. The summed E-state index contributed by atoms with van der Waals surface area (Å²) in [6, 6.07) is 15.7. The molecular weight excluding hydrogens is 321 g/mol. The molecule has 1 fully saturated rings. The summed E-state index contributed by atoms with van der Waals surface area (Å²) in [6.45, 7) is 1.58. The van der Waals surface area contributed by atoms with Gasteiger partial charge in [0.1, 0.15) is 5.82 Å². The lowest BCUT2D eigenvalue weighted by atomic mass is 10.1. The molecular formula is C20H22FNO3. The van der Waals surface area contributed by atoms with Gasteiger partial charge in [-0.25, -0.2) is 4.39 Å². The van der Waals surface area contributed by atoms with Gasteiger partial charge in [-0.05, 0) is 29.7 Å². The van der Waals surface area contributed by atoms with Gasteiger partial charge >= 0.3 is 0 Å². The predicted molar refractivity (Wildman–Crippen MR) is 92.5 cm³/mol. The number of halogens is 1. The number of hydrogen-bond acceptors (Lipinski definition) is 3. The minimum absolute atomic E-state index is 0.0777. The van der Waals surface area contributed by atoms with Crippen LogP contribution in [0.5, 0.6) is 0 Å². The molecule has 2 aromatic carbocycles. The molecule has 2 atom stereocenters. The van der Waals surface area contributed by atoms with Crippen molar-refractivity contribution in [1.29, 1.82) is 0 Å². The Morgan fingerprint density at radius 1 is 1.12 bits per heavy atom. The zero-order valence-electron chi connectivity index (χ0n) is 14.0. The van der Waals surface area contributed by atoms with Crippen LogP contribution >= 0.6 is 0 Å². The van der Waals surface area contributed by atoms with Crippen LogP contribution in [0.15, 0.2) is 54.6 Å². The van der Waals surface area contributed by atoms with E-state index in [1.807, 2.05) is 30.3 Å². The lowest BCUT2D eigenvalue weighted by Crippen LogP contribution is -2.50. The van der Waals surface area contributed by atoms with Crippen LogP contribution in [-0.4, -0.2) is 31.3 Å². The Labute approximate surface area is 147 Å². The molecule has 0 spiro atoms. The molecule has 3 rings (SSSR count). The molecule has 1 heterocycles. The fourth-order valence-corrected chi connectivity index (χ4v) is 2.88. The third-order valence-corrected chi connectivity index (χ3v) is 4.22. The molecule has 0 saturated carbocycles. The van der Waals surface area contributed by atoms with E-state index in [9.17, 15) is 9.18 Å². The Morgan fingerprint density at radius 2 is 1.88 bits per heavy atom. The summed E-state index contributed by atoms with van der Waals surface area (Å²) >= 11 is 0. The van der Waals surface area contributed by atoms with Gasteiger partial charge in [0.15, 0.2) is 0 Å². The van der Waals surface area contributed by atoms with Gasteiger partial charge in [0.05, 0.1) is 31.8 Å². The van der Waals surface area contributed by atoms with Crippen LogP contribution in [0.25, 0.3) is 0 Å². The standard InChI is InChI=1S/C20H22FNO3/c21-17-8-6-15(7-9-17)12-20(23)22-18-14-24-11-10-19(18)25-13-16-4-2-1-3-5-16/h1-9,18-19H,10-14H2,(H,22,23)/t18-,19+/m1/s1. The summed E-state index contributed by atoms with van der Waals surface area (Å²) < 4.78 is 24.4. The van der Waals surface area contributed by atoms with Crippen molar-refractivity contribution in [2.24, 2.45) is 0 Å². The number of amides is 1. The SMILES string of the molecule is O=C(Cc1ccc(F)cc1)N[C@@H]1COCC[C@@H]1OCc1ccccc1. The maximum absolute atomic E-state index is 12.9. The summed E-state index contributed by atoms with van der Waals surface area (Å²) in [4.78, 5) is 12.3. The highest BCUT2D eigenvalue weighted by Crippen LogP contribution is 2.15. The van der Waals surface area contributed by atoms with Crippen molar-refractivity contribution < 1.29 is 18.7 Å². The second-order valence-electron chi connectivity index (χ2n) is 6.18. The van der Waals surface area contributed by atoms with E-state index < -0.39 is 0 Å². The summed E-state index contributed by atoms with van der Waals surface area (Å²) in [6.07, 6.45) is 0.877. The number of ether oxygens (including phenoxy) is 2. The Bertz CT molecular complexity index is 675.